The Kier molecular flexibility index (Phi) is 4.32. The quantitative estimate of drug-likeness (QED) is 0.654. The molecule has 0 radical (unpaired) electrons. The van der Waals surface area contributed by atoms with Crippen LogP contribution >= 0.6 is 23.2 Å². The highest BCUT2D eigenvalue weighted by Gasteiger charge is 2.13. The largest absolute Gasteiger partial charge is 0.506 e. The Morgan fingerprint density at radius 1 is 1.20 bits per heavy atom. The first-order valence-corrected chi connectivity index (χ1v) is 6.38. The molecule has 0 aliphatic rings. The molecule has 2 aromatic rings. The van der Waals surface area contributed by atoms with Gasteiger partial charge in [0.1, 0.15) is 11.4 Å². The summed E-state index contributed by atoms with van der Waals surface area (Å²) in [6.45, 7) is 0.321. The molecule has 0 saturated carbocycles. The Bertz CT molecular complexity index is 662. The summed E-state index contributed by atoms with van der Waals surface area (Å²) < 4.78 is 0. The molecule has 0 aliphatic heterocycles. The van der Waals surface area contributed by atoms with Gasteiger partial charge in [0.05, 0.1) is 9.95 Å². The van der Waals surface area contributed by atoms with Crippen LogP contribution in [0.15, 0.2) is 36.4 Å². The Hall–Kier alpha value is -1.98. The molecule has 20 heavy (non-hydrogen) atoms. The Balaban J connectivity index is 2.20. The molecule has 0 saturated heterocycles. The summed E-state index contributed by atoms with van der Waals surface area (Å²) >= 11 is 11.6. The third-order valence-corrected chi connectivity index (χ3v) is 3.19. The fraction of sp³-hybridized carbons (Fsp3) is 0.0769. The summed E-state index contributed by atoms with van der Waals surface area (Å²) in [6, 6.07) is 9.01. The number of phenolic OH excluding ortho intramolecular Hbond substituents is 1. The van der Waals surface area contributed by atoms with Crippen LogP contribution in [0.1, 0.15) is 5.56 Å². The van der Waals surface area contributed by atoms with E-state index in [-0.39, 0.29) is 16.5 Å². The monoisotopic (exact) mass is 312 g/mol. The number of aromatic hydroxyl groups is 1. The van der Waals surface area contributed by atoms with E-state index >= 15 is 0 Å². The fourth-order valence-corrected chi connectivity index (χ4v) is 2.04. The molecule has 2 N–H and O–H groups in total. The molecule has 5 nitrogen and oxygen atoms in total. The molecule has 2 aromatic carbocycles. The molecule has 0 fully saturated rings. The van der Waals surface area contributed by atoms with Crippen LogP contribution in [0.25, 0.3) is 0 Å². The minimum absolute atomic E-state index is 0.0100. The van der Waals surface area contributed by atoms with Crippen LogP contribution in [0.5, 0.6) is 5.75 Å². The molecule has 0 atom stereocenters. The Morgan fingerprint density at radius 3 is 2.60 bits per heavy atom. The molecular formula is C13H10Cl2N2O3. The van der Waals surface area contributed by atoms with Gasteiger partial charge in [0.15, 0.2) is 0 Å². The van der Waals surface area contributed by atoms with Gasteiger partial charge in [-0.3, -0.25) is 10.1 Å². The highest BCUT2D eigenvalue weighted by atomic mass is 35.5. The van der Waals surface area contributed by atoms with E-state index in [1.165, 1.54) is 24.3 Å². The van der Waals surface area contributed by atoms with Crippen molar-refractivity contribution in [3.8, 4) is 5.75 Å². The van der Waals surface area contributed by atoms with Crippen molar-refractivity contribution in [3.63, 3.8) is 0 Å². The number of nitro groups is 1. The van der Waals surface area contributed by atoms with Gasteiger partial charge in [-0.15, -0.1) is 0 Å². The summed E-state index contributed by atoms with van der Waals surface area (Å²) in [5.74, 6) is -0.0100. The second-order valence-electron chi connectivity index (χ2n) is 4.06. The van der Waals surface area contributed by atoms with E-state index in [2.05, 4.69) is 5.32 Å². The molecule has 0 spiro atoms. The topological polar surface area (TPSA) is 75.4 Å². The SMILES string of the molecule is O=[N+]([O-])c1ccc(Cl)cc1NCc1ccc(O)c(Cl)c1. The maximum absolute atomic E-state index is 10.9. The number of hydrogen-bond donors (Lipinski definition) is 2. The van der Waals surface area contributed by atoms with Crippen molar-refractivity contribution in [1.82, 2.24) is 0 Å². The molecule has 2 rings (SSSR count). The normalized spacial score (nSPS) is 10.3. The number of nitro benzene ring substituents is 1. The van der Waals surface area contributed by atoms with Crippen LogP contribution in [0, 0.1) is 10.1 Å². The van der Waals surface area contributed by atoms with Gasteiger partial charge in [-0.05, 0) is 29.8 Å². The first-order valence-electron chi connectivity index (χ1n) is 5.62. The van der Waals surface area contributed by atoms with E-state index < -0.39 is 4.92 Å². The van der Waals surface area contributed by atoms with Crippen molar-refractivity contribution in [3.05, 3.63) is 62.1 Å². The lowest BCUT2D eigenvalue weighted by molar-refractivity contribution is -0.384. The van der Waals surface area contributed by atoms with E-state index in [1.807, 2.05) is 0 Å². The van der Waals surface area contributed by atoms with E-state index in [9.17, 15) is 15.2 Å². The molecular weight excluding hydrogens is 303 g/mol. The van der Waals surface area contributed by atoms with Crippen LogP contribution in [-0.4, -0.2) is 10.0 Å². The average Bonchev–Trinajstić information content (AvgIpc) is 2.40. The molecule has 0 bridgehead atoms. The van der Waals surface area contributed by atoms with Gasteiger partial charge in [-0.2, -0.15) is 0 Å². The molecule has 7 heteroatoms. The fourth-order valence-electron chi connectivity index (χ4n) is 1.67. The lowest BCUT2D eigenvalue weighted by Gasteiger charge is -2.08. The molecule has 0 aliphatic carbocycles. The summed E-state index contributed by atoms with van der Waals surface area (Å²) in [5.41, 5.74) is 1.05. The number of rotatable bonds is 4. The lowest BCUT2D eigenvalue weighted by atomic mass is 10.2. The smallest absolute Gasteiger partial charge is 0.292 e. The van der Waals surface area contributed by atoms with Crippen LogP contribution < -0.4 is 5.32 Å². The number of phenols is 1. The maximum atomic E-state index is 10.9. The molecule has 104 valence electrons. The van der Waals surface area contributed by atoms with Crippen LogP contribution in [0.4, 0.5) is 11.4 Å². The van der Waals surface area contributed by atoms with Crippen molar-refractivity contribution in [2.75, 3.05) is 5.32 Å². The second kappa shape index (κ2) is 5.98. The third-order valence-electron chi connectivity index (χ3n) is 2.65. The van der Waals surface area contributed by atoms with Gasteiger partial charge in [-0.25, -0.2) is 0 Å². The zero-order valence-electron chi connectivity index (χ0n) is 10.1. The van der Waals surface area contributed by atoms with Crippen molar-refractivity contribution in [1.29, 1.82) is 0 Å². The lowest BCUT2D eigenvalue weighted by Crippen LogP contribution is -2.02. The van der Waals surface area contributed by atoms with Crippen molar-refractivity contribution in [2.24, 2.45) is 0 Å². The zero-order chi connectivity index (χ0) is 14.7. The Labute approximate surface area is 124 Å². The van der Waals surface area contributed by atoms with Gasteiger partial charge in [0.2, 0.25) is 0 Å². The number of nitrogens with one attached hydrogen (secondary N) is 1. The van der Waals surface area contributed by atoms with Gasteiger partial charge in [0, 0.05) is 17.6 Å². The predicted octanol–water partition coefficient (Wildman–Crippen LogP) is 4.22. The van der Waals surface area contributed by atoms with Gasteiger partial charge in [-0.1, -0.05) is 29.3 Å². The van der Waals surface area contributed by atoms with Crippen LogP contribution in [0.3, 0.4) is 0 Å². The van der Waals surface area contributed by atoms with Crippen LogP contribution in [-0.2, 0) is 6.54 Å². The van der Waals surface area contributed by atoms with E-state index in [1.54, 1.807) is 12.1 Å². The predicted molar refractivity (Wildman–Crippen MR) is 78.5 cm³/mol. The first-order chi connectivity index (χ1) is 9.47. The summed E-state index contributed by atoms with van der Waals surface area (Å²) in [4.78, 5) is 10.4. The zero-order valence-corrected chi connectivity index (χ0v) is 11.6. The standard InChI is InChI=1S/C13H10Cl2N2O3/c14-9-2-3-12(17(19)20)11(6-9)16-7-8-1-4-13(18)10(15)5-8/h1-6,16,18H,7H2. The first kappa shape index (κ1) is 14.4. The minimum atomic E-state index is -0.484. The number of hydrogen-bond acceptors (Lipinski definition) is 4. The van der Waals surface area contributed by atoms with E-state index in [0.717, 1.165) is 5.56 Å². The molecule has 0 heterocycles. The van der Waals surface area contributed by atoms with Gasteiger partial charge < -0.3 is 10.4 Å². The highest BCUT2D eigenvalue weighted by Crippen LogP contribution is 2.29. The number of benzene rings is 2. The minimum Gasteiger partial charge on any atom is -0.506 e. The third kappa shape index (κ3) is 3.31. The van der Waals surface area contributed by atoms with Crippen molar-refractivity contribution < 1.29 is 10.0 Å². The van der Waals surface area contributed by atoms with Crippen molar-refractivity contribution in [2.45, 2.75) is 6.54 Å². The second-order valence-corrected chi connectivity index (χ2v) is 4.90. The maximum Gasteiger partial charge on any atom is 0.292 e. The number of nitrogens with zero attached hydrogens (tertiary/aromatic N) is 1. The van der Waals surface area contributed by atoms with E-state index in [0.29, 0.717) is 17.3 Å². The molecule has 0 amide bonds. The van der Waals surface area contributed by atoms with Gasteiger partial charge in [0.25, 0.3) is 5.69 Å². The number of anilines is 1. The summed E-state index contributed by atoms with van der Waals surface area (Å²) in [7, 11) is 0. The molecule has 0 unspecified atom stereocenters. The highest BCUT2D eigenvalue weighted by molar-refractivity contribution is 6.32. The summed E-state index contributed by atoms with van der Waals surface area (Å²) in [5, 5.41) is 23.8. The van der Waals surface area contributed by atoms with Gasteiger partial charge >= 0.3 is 0 Å². The number of halogens is 2. The molecule has 0 aromatic heterocycles. The Morgan fingerprint density at radius 2 is 1.95 bits per heavy atom. The average molecular weight is 313 g/mol. The van der Waals surface area contributed by atoms with Crippen molar-refractivity contribution >= 4 is 34.6 Å². The van der Waals surface area contributed by atoms with Crippen LogP contribution in [0.2, 0.25) is 10.0 Å². The summed E-state index contributed by atoms with van der Waals surface area (Å²) in [6.07, 6.45) is 0. The van der Waals surface area contributed by atoms with E-state index in [4.69, 9.17) is 23.2 Å².